The molecule has 0 N–H and O–H groups in total. The van der Waals surface area contributed by atoms with E-state index in [2.05, 4.69) is 4.85 Å². The second-order valence-electron chi connectivity index (χ2n) is 8.31. The Bertz CT molecular complexity index is 1350. The van der Waals surface area contributed by atoms with E-state index < -0.39 is 0 Å². The van der Waals surface area contributed by atoms with E-state index in [1.807, 2.05) is 23.2 Å². The maximum Gasteiger partial charge on any atom is 0.338 e. The van der Waals surface area contributed by atoms with Crippen molar-refractivity contribution in [3.05, 3.63) is 105 Å². The molecule has 2 unspecified atom stereocenters. The van der Waals surface area contributed by atoms with Crippen molar-refractivity contribution in [2.45, 2.75) is 25.8 Å². The Morgan fingerprint density at radius 3 is 2.71 bits per heavy atom. The van der Waals surface area contributed by atoms with Crippen LogP contribution < -0.4 is 5.01 Å². The van der Waals surface area contributed by atoms with Gasteiger partial charge in [-0.2, -0.15) is 5.10 Å². The lowest BCUT2D eigenvalue weighted by atomic mass is 9.77. The lowest BCUT2D eigenvalue weighted by Gasteiger charge is -2.31. The minimum atomic E-state index is -0.332. The van der Waals surface area contributed by atoms with E-state index in [9.17, 15) is 9.18 Å². The summed E-state index contributed by atoms with van der Waals surface area (Å²) in [4.78, 5) is 15.7. The summed E-state index contributed by atoms with van der Waals surface area (Å²) < 4.78 is 18.8. The lowest BCUT2D eigenvalue weighted by molar-refractivity contribution is 0.0526. The van der Waals surface area contributed by atoms with Gasteiger partial charge < -0.3 is 4.74 Å². The fourth-order valence-electron chi connectivity index (χ4n) is 4.80. The summed E-state index contributed by atoms with van der Waals surface area (Å²) in [6.45, 7) is 9.39. The van der Waals surface area contributed by atoms with Gasteiger partial charge in [0.1, 0.15) is 5.82 Å². The first kappa shape index (κ1) is 22.1. The molecule has 3 aromatic carbocycles. The smallest absolute Gasteiger partial charge is 0.338 e. The summed E-state index contributed by atoms with van der Waals surface area (Å²) >= 11 is 6.35. The molecule has 34 heavy (non-hydrogen) atoms. The maximum absolute atomic E-state index is 13.7. The Balaban J connectivity index is 1.60. The Labute approximate surface area is 202 Å². The molecular weight excluding hydrogens is 453 g/mol. The topological polar surface area (TPSA) is 46.3 Å². The van der Waals surface area contributed by atoms with Crippen LogP contribution in [0.3, 0.4) is 0 Å². The van der Waals surface area contributed by atoms with E-state index in [0.29, 0.717) is 22.9 Å². The first-order chi connectivity index (χ1) is 16.5. The van der Waals surface area contributed by atoms with Crippen LogP contribution in [0.25, 0.3) is 4.85 Å². The van der Waals surface area contributed by atoms with E-state index in [1.54, 1.807) is 37.3 Å². The number of esters is 1. The van der Waals surface area contributed by atoms with Crippen molar-refractivity contribution in [2.75, 3.05) is 11.6 Å². The van der Waals surface area contributed by atoms with Gasteiger partial charge in [0.15, 0.2) is 0 Å². The molecule has 5 nitrogen and oxygen atoms in total. The number of hydrogen-bond acceptors (Lipinski definition) is 4. The van der Waals surface area contributed by atoms with Crippen molar-refractivity contribution in [1.82, 2.24) is 0 Å². The van der Waals surface area contributed by atoms with Gasteiger partial charge in [-0.3, -0.25) is 5.01 Å². The molecule has 0 saturated heterocycles. The number of rotatable bonds is 4. The molecule has 7 heteroatoms. The third-order valence-electron chi connectivity index (χ3n) is 6.36. The van der Waals surface area contributed by atoms with Crippen LogP contribution in [0.4, 0.5) is 15.8 Å². The number of benzene rings is 3. The normalized spacial score (nSPS) is 18.5. The van der Waals surface area contributed by atoms with Crippen LogP contribution in [0.2, 0.25) is 5.02 Å². The van der Waals surface area contributed by atoms with Gasteiger partial charge in [-0.05, 0) is 67.3 Å². The molecule has 0 bridgehead atoms. The number of hydrogen-bond donors (Lipinski definition) is 0. The Kier molecular flexibility index (Phi) is 5.80. The van der Waals surface area contributed by atoms with Gasteiger partial charge in [-0.15, -0.1) is 0 Å². The predicted octanol–water partition coefficient (Wildman–Crippen LogP) is 6.73. The average Bonchev–Trinajstić information content (AvgIpc) is 3.24. The van der Waals surface area contributed by atoms with E-state index in [4.69, 9.17) is 28.0 Å². The molecule has 170 valence electrons. The van der Waals surface area contributed by atoms with Crippen molar-refractivity contribution in [3.8, 4) is 0 Å². The molecule has 0 saturated carbocycles. The monoisotopic (exact) mass is 473 g/mol. The van der Waals surface area contributed by atoms with Crippen molar-refractivity contribution in [1.29, 1.82) is 0 Å². The Morgan fingerprint density at radius 1 is 1.21 bits per heavy atom. The van der Waals surface area contributed by atoms with Crippen molar-refractivity contribution in [3.63, 3.8) is 0 Å². The van der Waals surface area contributed by atoms with Crippen LogP contribution in [-0.4, -0.2) is 18.3 Å². The highest BCUT2D eigenvalue weighted by atomic mass is 35.5. The van der Waals surface area contributed by atoms with Crippen LogP contribution in [-0.2, 0) is 11.2 Å². The van der Waals surface area contributed by atoms with Crippen LogP contribution in [0.1, 0.15) is 46.4 Å². The molecular formula is C27H21ClFN3O2. The Morgan fingerprint density at radius 2 is 2.00 bits per heavy atom. The minimum absolute atomic E-state index is 0.0747. The SMILES string of the molecule is [C-]#[N+]c1ccc(N2N=C3c4ccc(C(=O)OCC)cc4CCC3C2c2ccc(F)cc2)cc1Cl. The quantitative estimate of drug-likeness (QED) is 0.311. The van der Waals surface area contributed by atoms with Gasteiger partial charge in [0.25, 0.3) is 0 Å². The van der Waals surface area contributed by atoms with E-state index >= 15 is 0 Å². The van der Waals surface area contributed by atoms with Crippen LogP contribution in [0.5, 0.6) is 0 Å². The molecule has 1 aliphatic heterocycles. The summed E-state index contributed by atoms with van der Waals surface area (Å²) in [6, 6.07) is 17.2. The number of anilines is 1. The highest BCUT2D eigenvalue weighted by Gasteiger charge is 2.42. The van der Waals surface area contributed by atoms with Crippen molar-refractivity contribution in [2.24, 2.45) is 11.0 Å². The van der Waals surface area contributed by atoms with Gasteiger partial charge in [0, 0.05) is 16.5 Å². The van der Waals surface area contributed by atoms with Crippen LogP contribution >= 0.6 is 11.6 Å². The number of halogens is 2. The fraction of sp³-hybridized carbons (Fsp3) is 0.222. The van der Waals surface area contributed by atoms with Gasteiger partial charge in [0.2, 0.25) is 5.69 Å². The zero-order valence-corrected chi connectivity index (χ0v) is 19.2. The van der Waals surface area contributed by atoms with Crippen LogP contribution in [0.15, 0.2) is 65.8 Å². The molecule has 0 fully saturated rings. The summed E-state index contributed by atoms with van der Waals surface area (Å²) in [5.74, 6) is -0.550. The average molecular weight is 474 g/mol. The van der Waals surface area contributed by atoms with E-state index in [0.717, 1.165) is 40.9 Å². The zero-order chi connectivity index (χ0) is 23.8. The standard InChI is InChI=1S/C27H21ClFN3O2/c1-3-34-27(33)18-7-11-21-17(14-18)6-12-22-25(21)31-32(20-10-13-24(30-2)23(28)15-20)26(22)16-4-8-19(29)9-5-16/h4-5,7-11,13-15,22,26H,3,6,12H2,1H3. The number of ether oxygens (including phenoxy) is 1. The molecule has 1 heterocycles. The predicted molar refractivity (Wildman–Crippen MR) is 130 cm³/mol. The van der Waals surface area contributed by atoms with E-state index in [1.165, 1.54) is 12.1 Å². The highest BCUT2D eigenvalue weighted by Crippen LogP contribution is 2.46. The molecule has 0 radical (unpaired) electrons. The molecule has 0 amide bonds. The van der Waals surface area contributed by atoms with Gasteiger partial charge in [0.05, 0.1) is 36.2 Å². The molecule has 1 aliphatic carbocycles. The molecule has 3 aromatic rings. The summed E-state index contributed by atoms with van der Waals surface area (Å²) in [7, 11) is 0. The highest BCUT2D eigenvalue weighted by molar-refractivity contribution is 6.33. The maximum atomic E-state index is 13.7. The second kappa shape index (κ2) is 8.92. The number of fused-ring (bicyclic) bond motifs is 3. The Hall–Kier alpha value is -3.69. The van der Waals surface area contributed by atoms with Crippen molar-refractivity contribution >= 4 is 34.7 Å². The van der Waals surface area contributed by atoms with Crippen LogP contribution in [0, 0.1) is 18.3 Å². The number of carbonyl (C=O) groups is 1. The molecule has 0 aromatic heterocycles. The summed E-state index contributed by atoms with van der Waals surface area (Å²) in [6.07, 6.45) is 1.61. The fourth-order valence-corrected chi connectivity index (χ4v) is 5.02. The van der Waals surface area contributed by atoms with Gasteiger partial charge in [-0.25, -0.2) is 14.0 Å². The number of hydrazone groups is 1. The van der Waals surface area contributed by atoms with Crippen molar-refractivity contribution < 1.29 is 13.9 Å². The molecule has 5 rings (SSSR count). The number of aryl methyl sites for hydroxylation is 1. The minimum Gasteiger partial charge on any atom is -0.462 e. The lowest BCUT2D eigenvalue weighted by Crippen LogP contribution is -2.29. The first-order valence-corrected chi connectivity index (χ1v) is 11.5. The summed E-state index contributed by atoms with van der Waals surface area (Å²) in [5.41, 5.74) is 5.61. The number of carbonyl (C=O) groups excluding carboxylic acids is 1. The number of nitrogens with zero attached hydrogens (tertiary/aromatic N) is 3. The summed E-state index contributed by atoms with van der Waals surface area (Å²) in [5, 5.41) is 7.29. The molecule has 2 aliphatic rings. The van der Waals surface area contributed by atoms with E-state index in [-0.39, 0.29) is 23.7 Å². The van der Waals surface area contributed by atoms with Gasteiger partial charge >= 0.3 is 5.97 Å². The molecule has 0 spiro atoms. The second-order valence-corrected chi connectivity index (χ2v) is 8.72. The molecule has 2 atom stereocenters. The largest absolute Gasteiger partial charge is 0.462 e. The third-order valence-corrected chi connectivity index (χ3v) is 6.66. The van der Waals surface area contributed by atoms with Gasteiger partial charge in [-0.1, -0.05) is 35.9 Å². The zero-order valence-electron chi connectivity index (χ0n) is 18.5. The third kappa shape index (κ3) is 3.82. The first-order valence-electron chi connectivity index (χ1n) is 11.1.